The molecule has 0 aromatic heterocycles. The van der Waals surface area contributed by atoms with Gasteiger partial charge in [0, 0.05) is 32.7 Å². The molecular weight excluding hydrogens is 483 g/mol. The average molecular weight is 514 g/mol. The Bertz CT molecular complexity index is 975. The van der Waals surface area contributed by atoms with E-state index in [0.717, 1.165) is 11.1 Å². The summed E-state index contributed by atoms with van der Waals surface area (Å²) in [6.45, 7) is 11.1. The van der Waals surface area contributed by atoms with E-state index in [0.29, 0.717) is 32.8 Å². The maximum atomic E-state index is 13.4. The van der Waals surface area contributed by atoms with Crippen LogP contribution in [0.15, 0.2) is 30.3 Å². The highest BCUT2D eigenvalue weighted by molar-refractivity contribution is 6.36. The van der Waals surface area contributed by atoms with Crippen LogP contribution in [0.25, 0.3) is 0 Å². The fraction of sp³-hybridized carbons (Fsp3) is 0.440. The molecule has 1 N–H and O–H groups in total. The van der Waals surface area contributed by atoms with Gasteiger partial charge in [0.25, 0.3) is 5.91 Å². The van der Waals surface area contributed by atoms with Gasteiger partial charge in [-0.15, -0.1) is 0 Å². The number of hydrogen-bond donors (Lipinski definition) is 1. The van der Waals surface area contributed by atoms with E-state index in [2.05, 4.69) is 5.32 Å². The third kappa shape index (κ3) is 7.53. The summed E-state index contributed by atoms with van der Waals surface area (Å²) < 4.78 is 5.79. The first-order chi connectivity index (χ1) is 15.3. The molecule has 2 aromatic carbocycles. The molecule has 2 rings (SSSR count). The second-order valence-corrected chi connectivity index (χ2v) is 10.2. The number of rotatable bonds is 8. The molecule has 0 saturated heterocycles. The normalized spacial score (nSPS) is 12.3. The van der Waals surface area contributed by atoms with E-state index in [4.69, 9.17) is 39.5 Å². The Morgan fingerprint density at radius 2 is 1.61 bits per heavy atom. The summed E-state index contributed by atoms with van der Waals surface area (Å²) in [7, 11) is 0. The van der Waals surface area contributed by atoms with Gasteiger partial charge in [0.15, 0.2) is 6.61 Å². The molecule has 180 valence electrons. The zero-order valence-corrected chi connectivity index (χ0v) is 22.2. The van der Waals surface area contributed by atoms with Gasteiger partial charge in [-0.25, -0.2) is 0 Å². The van der Waals surface area contributed by atoms with Gasteiger partial charge in [-0.1, -0.05) is 47.8 Å². The Hall–Kier alpha value is -1.95. The molecular formula is C25H31Cl3N2O3. The predicted octanol–water partition coefficient (Wildman–Crippen LogP) is 6.36. The van der Waals surface area contributed by atoms with E-state index in [1.165, 1.54) is 4.90 Å². The summed E-state index contributed by atoms with van der Waals surface area (Å²) in [5, 5.41) is 4.48. The third-order valence-electron chi connectivity index (χ3n) is 5.05. The molecule has 0 saturated carbocycles. The molecule has 0 aliphatic heterocycles. The lowest BCUT2D eigenvalue weighted by Crippen LogP contribution is -2.54. The van der Waals surface area contributed by atoms with Crippen LogP contribution in [0.5, 0.6) is 5.75 Å². The molecule has 5 nitrogen and oxygen atoms in total. The SMILES string of the molecule is CCC(C(=O)NC(C)(C)C)N(Cc1c(Cl)cccc1Cl)C(=O)COc1cc(C)c(Cl)c(C)c1. The van der Waals surface area contributed by atoms with Crippen LogP contribution in [0.2, 0.25) is 15.1 Å². The van der Waals surface area contributed by atoms with Crippen LogP contribution in [-0.4, -0.2) is 34.9 Å². The summed E-state index contributed by atoms with van der Waals surface area (Å²) >= 11 is 19.0. The van der Waals surface area contributed by atoms with E-state index in [1.807, 2.05) is 41.5 Å². The molecule has 8 heteroatoms. The molecule has 0 spiro atoms. The molecule has 0 bridgehead atoms. The van der Waals surface area contributed by atoms with Gasteiger partial charge in [0.2, 0.25) is 5.91 Å². The Kier molecular flexibility index (Phi) is 9.48. The Morgan fingerprint density at radius 3 is 2.09 bits per heavy atom. The smallest absolute Gasteiger partial charge is 0.261 e. The van der Waals surface area contributed by atoms with Crippen molar-refractivity contribution in [2.24, 2.45) is 0 Å². The number of amides is 2. The summed E-state index contributed by atoms with van der Waals surface area (Å²) in [6.07, 6.45) is 0.412. The summed E-state index contributed by atoms with van der Waals surface area (Å²) in [5.41, 5.74) is 1.84. The van der Waals surface area contributed by atoms with Gasteiger partial charge >= 0.3 is 0 Å². The maximum Gasteiger partial charge on any atom is 0.261 e. The van der Waals surface area contributed by atoms with E-state index >= 15 is 0 Å². The highest BCUT2D eigenvalue weighted by atomic mass is 35.5. The third-order valence-corrected chi connectivity index (χ3v) is 6.35. The van der Waals surface area contributed by atoms with Crippen molar-refractivity contribution in [2.45, 2.75) is 66.1 Å². The number of halogens is 3. The molecule has 1 unspecified atom stereocenters. The number of carbonyl (C=O) groups is 2. The number of hydrogen-bond acceptors (Lipinski definition) is 3. The highest BCUT2D eigenvalue weighted by Crippen LogP contribution is 2.28. The van der Waals surface area contributed by atoms with Crippen LogP contribution < -0.4 is 10.1 Å². The van der Waals surface area contributed by atoms with Crippen LogP contribution in [0.1, 0.15) is 50.8 Å². The van der Waals surface area contributed by atoms with Crippen LogP contribution in [-0.2, 0) is 16.1 Å². The first-order valence-electron chi connectivity index (χ1n) is 10.8. The van der Waals surface area contributed by atoms with E-state index < -0.39 is 11.6 Å². The molecule has 33 heavy (non-hydrogen) atoms. The molecule has 0 radical (unpaired) electrons. The van der Waals surface area contributed by atoms with Crippen LogP contribution >= 0.6 is 34.8 Å². The topological polar surface area (TPSA) is 58.6 Å². The molecule has 0 fully saturated rings. The van der Waals surface area contributed by atoms with Crippen molar-refractivity contribution in [3.05, 3.63) is 62.1 Å². The summed E-state index contributed by atoms with van der Waals surface area (Å²) in [5.74, 6) is -0.0717. The molecule has 0 aliphatic carbocycles. The number of nitrogens with one attached hydrogen (secondary N) is 1. The van der Waals surface area contributed by atoms with E-state index in [1.54, 1.807) is 30.3 Å². The molecule has 0 heterocycles. The van der Waals surface area contributed by atoms with Gasteiger partial charge in [0.1, 0.15) is 11.8 Å². The first-order valence-corrected chi connectivity index (χ1v) is 11.9. The van der Waals surface area contributed by atoms with Crippen molar-refractivity contribution in [2.75, 3.05) is 6.61 Å². The number of aryl methyl sites for hydroxylation is 2. The molecule has 2 amide bonds. The van der Waals surface area contributed by atoms with Crippen molar-refractivity contribution < 1.29 is 14.3 Å². The fourth-order valence-electron chi connectivity index (χ4n) is 3.44. The number of benzene rings is 2. The fourth-order valence-corrected chi connectivity index (χ4v) is 4.07. The lowest BCUT2D eigenvalue weighted by atomic mass is 10.1. The number of carbonyl (C=O) groups excluding carboxylic acids is 2. The van der Waals surface area contributed by atoms with Crippen molar-refractivity contribution >= 4 is 46.6 Å². The second-order valence-electron chi connectivity index (χ2n) is 9.04. The minimum absolute atomic E-state index is 0.0788. The largest absolute Gasteiger partial charge is 0.484 e. The zero-order valence-electron chi connectivity index (χ0n) is 19.9. The minimum atomic E-state index is -0.721. The first kappa shape index (κ1) is 27.3. The lowest BCUT2D eigenvalue weighted by molar-refractivity contribution is -0.143. The van der Waals surface area contributed by atoms with Crippen molar-refractivity contribution in [1.82, 2.24) is 10.2 Å². The predicted molar refractivity (Wildman–Crippen MR) is 135 cm³/mol. The number of nitrogens with zero attached hydrogens (tertiary/aromatic N) is 1. The highest BCUT2D eigenvalue weighted by Gasteiger charge is 2.31. The number of ether oxygens (including phenoxy) is 1. The van der Waals surface area contributed by atoms with Gasteiger partial charge < -0.3 is 15.0 Å². The Morgan fingerprint density at radius 1 is 1.06 bits per heavy atom. The van der Waals surface area contributed by atoms with Crippen molar-refractivity contribution in [1.29, 1.82) is 0 Å². The van der Waals surface area contributed by atoms with Gasteiger partial charge in [0.05, 0.1) is 0 Å². The van der Waals surface area contributed by atoms with Crippen LogP contribution in [0, 0.1) is 13.8 Å². The summed E-state index contributed by atoms with van der Waals surface area (Å²) in [6, 6.07) is 7.98. The van der Waals surface area contributed by atoms with E-state index in [-0.39, 0.29) is 25.0 Å². The van der Waals surface area contributed by atoms with Gasteiger partial charge in [-0.2, -0.15) is 0 Å². The lowest BCUT2D eigenvalue weighted by Gasteiger charge is -2.33. The Balaban J connectivity index is 2.34. The van der Waals surface area contributed by atoms with Gasteiger partial charge in [-0.3, -0.25) is 9.59 Å². The zero-order chi connectivity index (χ0) is 24.9. The van der Waals surface area contributed by atoms with Crippen molar-refractivity contribution in [3.63, 3.8) is 0 Å². The minimum Gasteiger partial charge on any atom is -0.484 e. The molecule has 1 atom stereocenters. The quantitative estimate of drug-likeness (QED) is 0.446. The standard InChI is InChI=1S/C25H31Cl3N2O3/c1-7-21(24(32)29-25(4,5)6)30(13-18-19(26)9-8-10-20(18)27)22(31)14-33-17-11-15(2)23(28)16(3)12-17/h8-12,21H,7,13-14H2,1-6H3,(H,29,32). The van der Waals surface area contributed by atoms with Crippen LogP contribution in [0.3, 0.4) is 0 Å². The monoisotopic (exact) mass is 512 g/mol. The molecule has 2 aromatic rings. The van der Waals surface area contributed by atoms with Crippen LogP contribution in [0.4, 0.5) is 0 Å². The van der Waals surface area contributed by atoms with Gasteiger partial charge in [-0.05, 0) is 76.4 Å². The summed E-state index contributed by atoms with van der Waals surface area (Å²) in [4.78, 5) is 27.9. The van der Waals surface area contributed by atoms with E-state index in [9.17, 15) is 9.59 Å². The average Bonchev–Trinajstić information content (AvgIpc) is 2.70. The second kappa shape index (κ2) is 11.5. The Labute approximate surface area is 211 Å². The maximum absolute atomic E-state index is 13.4. The molecule has 0 aliphatic rings. The van der Waals surface area contributed by atoms with Crippen molar-refractivity contribution in [3.8, 4) is 5.75 Å².